The lowest BCUT2D eigenvalue weighted by Gasteiger charge is -2.12. The summed E-state index contributed by atoms with van der Waals surface area (Å²) in [4.78, 5) is 27.3. The van der Waals surface area contributed by atoms with Crippen molar-refractivity contribution < 1.29 is 4.79 Å². The van der Waals surface area contributed by atoms with Gasteiger partial charge in [-0.3, -0.25) is 10.1 Å². The van der Waals surface area contributed by atoms with E-state index in [0.717, 1.165) is 27.5 Å². The molecule has 7 nitrogen and oxygen atoms in total. The number of nitrogens with one attached hydrogen (secondary N) is 1. The van der Waals surface area contributed by atoms with Crippen molar-refractivity contribution in [2.24, 2.45) is 5.92 Å². The summed E-state index contributed by atoms with van der Waals surface area (Å²) in [6.45, 7) is 4.97. The predicted octanol–water partition coefficient (Wildman–Crippen LogP) is 4.63. The Balaban J connectivity index is 1.55. The van der Waals surface area contributed by atoms with Crippen LogP contribution in [0.15, 0.2) is 42.6 Å². The van der Waals surface area contributed by atoms with E-state index in [9.17, 15) is 4.79 Å². The molecule has 0 unspecified atom stereocenters. The number of carbonyl (C=O) groups is 1. The number of para-hydroxylation sites is 1. The summed E-state index contributed by atoms with van der Waals surface area (Å²) in [6.07, 6.45) is 1.86. The third kappa shape index (κ3) is 4.29. The number of aromatic nitrogens is 4. The van der Waals surface area contributed by atoms with Gasteiger partial charge in [-0.2, -0.15) is 0 Å². The molecule has 4 rings (SSSR count). The molecule has 0 fully saturated rings. The van der Waals surface area contributed by atoms with Gasteiger partial charge >= 0.3 is 0 Å². The molecule has 0 radical (unpaired) electrons. The van der Waals surface area contributed by atoms with E-state index in [1.807, 2.05) is 28.8 Å². The topological polar surface area (TPSA) is 98.7 Å². The van der Waals surface area contributed by atoms with Crippen LogP contribution in [0.1, 0.15) is 18.7 Å². The molecule has 0 bridgehead atoms. The zero-order valence-corrected chi connectivity index (χ0v) is 18.2. The van der Waals surface area contributed by atoms with Crippen LogP contribution < -0.4 is 11.1 Å². The maximum atomic E-state index is 12.7. The molecule has 0 saturated heterocycles. The molecule has 1 aromatic carbocycles. The van der Waals surface area contributed by atoms with Crippen molar-refractivity contribution >= 4 is 51.8 Å². The van der Waals surface area contributed by atoms with E-state index >= 15 is 0 Å². The fourth-order valence-electron chi connectivity index (χ4n) is 3.21. The highest BCUT2D eigenvalue weighted by molar-refractivity contribution is 7.15. The van der Waals surface area contributed by atoms with Crippen LogP contribution in [0.4, 0.5) is 11.9 Å². The molecule has 9 heteroatoms. The van der Waals surface area contributed by atoms with Gasteiger partial charge in [0.25, 0.3) is 0 Å². The molecule has 0 saturated carbocycles. The highest BCUT2D eigenvalue weighted by Gasteiger charge is 2.17. The van der Waals surface area contributed by atoms with Gasteiger partial charge in [0.15, 0.2) is 0 Å². The number of nitrogen functional groups attached to an aromatic ring is 1. The minimum absolute atomic E-state index is 0.137. The molecule has 0 spiro atoms. The highest BCUT2D eigenvalue weighted by atomic mass is 35.5. The molecule has 3 heterocycles. The Kier molecular flexibility index (Phi) is 5.69. The van der Waals surface area contributed by atoms with Gasteiger partial charge in [0.05, 0.1) is 27.5 Å². The molecule has 0 aliphatic heterocycles. The number of benzene rings is 1. The van der Waals surface area contributed by atoms with Gasteiger partial charge in [-0.25, -0.2) is 15.0 Å². The maximum Gasteiger partial charge on any atom is 0.231 e. The molecule has 3 N–H and O–H groups in total. The number of halogens is 1. The van der Waals surface area contributed by atoms with Crippen molar-refractivity contribution in [2.75, 3.05) is 11.1 Å². The van der Waals surface area contributed by atoms with E-state index in [4.69, 9.17) is 17.3 Å². The molecule has 0 aliphatic carbocycles. The normalized spacial score (nSPS) is 11.3. The first kappa shape index (κ1) is 20.3. The standard InChI is InChI=1S/C21H21ClN6OS/c1-12(2)11-28-16-5-3-4-14(22)19(16)27-21(28)26-18(29)10-13-6-7-17(30-13)15-8-9-24-20(23)25-15/h3-9,12H,10-11H2,1-2H3,(H2,23,24,25)(H,26,27,29). The van der Waals surface area contributed by atoms with Crippen LogP contribution >= 0.6 is 22.9 Å². The van der Waals surface area contributed by atoms with Gasteiger partial charge in [0.1, 0.15) is 5.52 Å². The molecule has 0 aliphatic rings. The largest absolute Gasteiger partial charge is 0.368 e. The Morgan fingerprint density at radius 2 is 2.07 bits per heavy atom. The van der Waals surface area contributed by atoms with Crippen LogP contribution in [0.5, 0.6) is 0 Å². The van der Waals surface area contributed by atoms with Crippen molar-refractivity contribution in [3.05, 3.63) is 52.5 Å². The van der Waals surface area contributed by atoms with Crippen LogP contribution in [0.2, 0.25) is 5.02 Å². The zero-order valence-electron chi connectivity index (χ0n) is 16.6. The Morgan fingerprint density at radius 3 is 2.83 bits per heavy atom. The Labute approximate surface area is 182 Å². The first-order valence-corrected chi connectivity index (χ1v) is 10.7. The number of rotatable bonds is 6. The molecular weight excluding hydrogens is 420 g/mol. The molecule has 0 atom stereocenters. The minimum Gasteiger partial charge on any atom is -0.368 e. The third-order valence-electron chi connectivity index (χ3n) is 4.45. The van der Waals surface area contributed by atoms with Crippen molar-refractivity contribution in [3.63, 3.8) is 0 Å². The number of hydrogen-bond acceptors (Lipinski definition) is 6. The molecule has 4 aromatic rings. The van der Waals surface area contributed by atoms with E-state index in [1.165, 1.54) is 11.3 Å². The second-order valence-corrected chi connectivity index (χ2v) is 8.91. The van der Waals surface area contributed by atoms with Gasteiger partial charge in [-0.15, -0.1) is 11.3 Å². The van der Waals surface area contributed by atoms with Crippen LogP contribution in [-0.2, 0) is 17.8 Å². The summed E-state index contributed by atoms with van der Waals surface area (Å²) in [7, 11) is 0. The van der Waals surface area contributed by atoms with Gasteiger partial charge < -0.3 is 10.3 Å². The number of nitrogens with zero attached hydrogens (tertiary/aromatic N) is 4. The number of fused-ring (bicyclic) bond motifs is 1. The molecule has 1 amide bonds. The quantitative estimate of drug-likeness (QED) is 0.455. The zero-order chi connectivity index (χ0) is 21.3. The van der Waals surface area contributed by atoms with Crippen molar-refractivity contribution in [1.29, 1.82) is 0 Å². The Bertz CT molecular complexity index is 1220. The summed E-state index contributed by atoms with van der Waals surface area (Å²) < 4.78 is 2.01. The lowest BCUT2D eigenvalue weighted by molar-refractivity contribution is -0.115. The number of carbonyl (C=O) groups excluding carboxylic acids is 1. The monoisotopic (exact) mass is 440 g/mol. The average molecular weight is 441 g/mol. The summed E-state index contributed by atoms with van der Waals surface area (Å²) in [5.41, 5.74) is 8.00. The summed E-state index contributed by atoms with van der Waals surface area (Å²) in [6, 6.07) is 11.3. The summed E-state index contributed by atoms with van der Waals surface area (Å²) in [5.74, 6) is 0.985. The highest BCUT2D eigenvalue weighted by Crippen LogP contribution is 2.29. The number of amides is 1. The molecule has 3 aromatic heterocycles. The average Bonchev–Trinajstić information content (AvgIpc) is 3.28. The fraction of sp³-hybridized carbons (Fsp3) is 0.238. The SMILES string of the molecule is CC(C)Cn1c(NC(=O)Cc2ccc(-c3ccnc(N)n3)s2)nc2c(Cl)cccc21. The van der Waals surface area contributed by atoms with Crippen molar-refractivity contribution in [2.45, 2.75) is 26.8 Å². The van der Waals surface area contributed by atoms with Gasteiger partial charge in [0, 0.05) is 17.6 Å². The van der Waals surface area contributed by atoms with Crippen LogP contribution in [-0.4, -0.2) is 25.4 Å². The molecule has 30 heavy (non-hydrogen) atoms. The first-order chi connectivity index (χ1) is 14.4. The lowest BCUT2D eigenvalue weighted by Crippen LogP contribution is -2.18. The number of nitrogens with two attached hydrogens (primary N) is 1. The van der Waals surface area contributed by atoms with Gasteiger partial charge in [0.2, 0.25) is 17.8 Å². The number of hydrogen-bond donors (Lipinski definition) is 2. The van der Waals surface area contributed by atoms with Gasteiger partial charge in [-0.05, 0) is 36.2 Å². The smallest absolute Gasteiger partial charge is 0.231 e. The first-order valence-electron chi connectivity index (χ1n) is 9.53. The van der Waals surface area contributed by atoms with Gasteiger partial charge in [-0.1, -0.05) is 31.5 Å². The second-order valence-electron chi connectivity index (χ2n) is 7.34. The van der Waals surface area contributed by atoms with E-state index in [0.29, 0.717) is 22.4 Å². The number of thiophene rings is 1. The fourth-order valence-corrected chi connectivity index (χ4v) is 4.39. The maximum absolute atomic E-state index is 12.7. The summed E-state index contributed by atoms with van der Waals surface area (Å²) in [5, 5.41) is 3.52. The molecular formula is C21H21ClN6OS. The van der Waals surface area contributed by atoms with E-state index in [2.05, 4.69) is 34.1 Å². The van der Waals surface area contributed by atoms with Crippen molar-refractivity contribution in [3.8, 4) is 10.6 Å². The van der Waals surface area contributed by atoms with Crippen LogP contribution in [0.25, 0.3) is 21.6 Å². The van der Waals surface area contributed by atoms with E-state index in [-0.39, 0.29) is 18.3 Å². The van der Waals surface area contributed by atoms with E-state index in [1.54, 1.807) is 18.3 Å². The van der Waals surface area contributed by atoms with E-state index < -0.39 is 0 Å². The van der Waals surface area contributed by atoms with Crippen LogP contribution in [0, 0.1) is 5.92 Å². The summed E-state index contributed by atoms with van der Waals surface area (Å²) >= 11 is 7.81. The van der Waals surface area contributed by atoms with Crippen molar-refractivity contribution in [1.82, 2.24) is 19.5 Å². The van der Waals surface area contributed by atoms with Crippen LogP contribution in [0.3, 0.4) is 0 Å². The second kappa shape index (κ2) is 8.41. The minimum atomic E-state index is -0.137. The molecule has 154 valence electrons. The predicted molar refractivity (Wildman–Crippen MR) is 122 cm³/mol. The number of anilines is 2. The Morgan fingerprint density at radius 1 is 1.23 bits per heavy atom. The Hall–Kier alpha value is -2.97. The lowest BCUT2D eigenvalue weighted by atomic mass is 10.2. The third-order valence-corrected chi connectivity index (χ3v) is 5.86. The number of imidazole rings is 1.